The van der Waals surface area contributed by atoms with Crippen LogP contribution in [0.3, 0.4) is 0 Å². The maximum absolute atomic E-state index is 12.5. The van der Waals surface area contributed by atoms with Crippen molar-refractivity contribution in [1.82, 2.24) is 4.31 Å². The van der Waals surface area contributed by atoms with Gasteiger partial charge in [0, 0.05) is 4.88 Å². The number of amides is 1. The number of carbonyl (C=O) groups excluding carboxylic acids is 1. The first-order valence-corrected chi connectivity index (χ1v) is 8.29. The van der Waals surface area contributed by atoms with Crippen LogP contribution in [-0.4, -0.2) is 51.9 Å². The summed E-state index contributed by atoms with van der Waals surface area (Å²) >= 11 is 1.13. The van der Waals surface area contributed by atoms with Crippen molar-refractivity contribution in [3.05, 3.63) is 15.8 Å². The lowest BCUT2D eigenvalue weighted by atomic mass is 10.4. The predicted octanol–water partition coefficient (Wildman–Crippen LogP) is -1.33. The average molecular weight is 304 g/mol. The first-order chi connectivity index (χ1) is 8.82. The number of quaternary nitrogens is 1. The van der Waals surface area contributed by atoms with Gasteiger partial charge in [0.2, 0.25) is 10.0 Å². The Hall–Kier alpha value is -0.960. The van der Waals surface area contributed by atoms with Gasteiger partial charge in [-0.3, -0.25) is 4.79 Å². The van der Waals surface area contributed by atoms with Gasteiger partial charge in [0.1, 0.15) is 0 Å². The molecule has 0 aliphatic carbocycles. The number of primary amides is 1. The molecule has 1 aliphatic rings. The van der Waals surface area contributed by atoms with Crippen LogP contribution >= 0.6 is 11.3 Å². The molecule has 1 aliphatic heterocycles. The molecule has 1 aromatic rings. The number of likely N-dealkylation sites (N-methyl/N-ethyl adjacent to an activating group) is 1. The number of carbonyl (C=O) groups is 1. The molecule has 1 saturated heterocycles. The van der Waals surface area contributed by atoms with E-state index in [1.54, 1.807) is 6.92 Å². The third kappa shape index (κ3) is 2.81. The zero-order chi connectivity index (χ0) is 14.2. The van der Waals surface area contributed by atoms with E-state index in [0.29, 0.717) is 18.0 Å². The zero-order valence-electron chi connectivity index (χ0n) is 11.0. The standard InChI is InChI=1S/C11H17N3O3S2/c1-8-10(7-9(18-8)11(12)15)19(16,17)14-5-3-13(2)4-6-14/h7H,3-6H2,1-2H3,(H2,12,15)/p+1. The zero-order valence-corrected chi connectivity index (χ0v) is 12.6. The van der Waals surface area contributed by atoms with E-state index in [0.717, 1.165) is 24.4 Å². The van der Waals surface area contributed by atoms with Crippen LogP contribution in [0.5, 0.6) is 0 Å². The van der Waals surface area contributed by atoms with Crippen molar-refractivity contribution >= 4 is 27.3 Å². The Labute approximate surface area is 116 Å². The Kier molecular flexibility index (Phi) is 3.95. The highest BCUT2D eigenvalue weighted by atomic mass is 32.2. The molecule has 1 fully saturated rings. The van der Waals surface area contributed by atoms with Crippen molar-refractivity contribution in [3.8, 4) is 0 Å². The number of hydrogen-bond donors (Lipinski definition) is 2. The van der Waals surface area contributed by atoms with Gasteiger partial charge in [0.05, 0.1) is 43.0 Å². The number of nitrogens with two attached hydrogens (primary N) is 1. The highest BCUT2D eigenvalue weighted by Gasteiger charge is 2.31. The lowest BCUT2D eigenvalue weighted by molar-refractivity contribution is -0.883. The van der Waals surface area contributed by atoms with Crippen molar-refractivity contribution < 1.29 is 18.1 Å². The highest BCUT2D eigenvalue weighted by molar-refractivity contribution is 7.89. The van der Waals surface area contributed by atoms with E-state index in [4.69, 9.17) is 5.73 Å². The quantitative estimate of drug-likeness (QED) is 0.726. The molecule has 0 radical (unpaired) electrons. The van der Waals surface area contributed by atoms with Crippen LogP contribution in [-0.2, 0) is 10.0 Å². The van der Waals surface area contributed by atoms with Crippen molar-refractivity contribution in [3.63, 3.8) is 0 Å². The van der Waals surface area contributed by atoms with Gasteiger partial charge in [-0.15, -0.1) is 11.3 Å². The Bertz CT molecular complexity index is 586. The van der Waals surface area contributed by atoms with Crippen molar-refractivity contribution in [2.45, 2.75) is 11.8 Å². The molecule has 1 aromatic heterocycles. The van der Waals surface area contributed by atoms with Gasteiger partial charge in [-0.2, -0.15) is 4.31 Å². The molecule has 0 aromatic carbocycles. The minimum atomic E-state index is -3.51. The number of thiophene rings is 1. The number of aryl methyl sites for hydroxylation is 1. The maximum atomic E-state index is 12.5. The van der Waals surface area contributed by atoms with Gasteiger partial charge in [-0.25, -0.2) is 8.42 Å². The lowest BCUT2D eigenvalue weighted by Gasteiger charge is -2.29. The second-order valence-electron chi connectivity index (χ2n) is 4.76. The van der Waals surface area contributed by atoms with Gasteiger partial charge in [0.15, 0.2) is 0 Å². The molecule has 2 heterocycles. The van der Waals surface area contributed by atoms with Crippen LogP contribution in [0.4, 0.5) is 0 Å². The minimum absolute atomic E-state index is 0.214. The monoisotopic (exact) mass is 304 g/mol. The van der Waals surface area contributed by atoms with E-state index in [-0.39, 0.29) is 9.77 Å². The molecule has 19 heavy (non-hydrogen) atoms. The lowest BCUT2D eigenvalue weighted by Crippen LogP contribution is -3.12. The average Bonchev–Trinajstić information content (AvgIpc) is 2.73. The topological polar surface area (TPSA) is 84.9 Å². The summed E-state index contributed by atoms with van der Waals surface area (Å²) in [6.07, 6.45) is 0. The van der Waals surface area contributed by atoms with E-state index in [1.165, 1.54) is 15.3 Å². The maximum Gasteiger partial charge on any atom is 0.258 e. The molecule has 8 heteroatoms. The largest absolute Gasteiger partial charge is 0.365 e. The molecule has 0 unspecified atom stereocenters. The van der Waals surface area contributed by atoms with Crippen LogP contribution in [0.25, 0.3) is 0 Å². The van der Waals surface area contributed by atoms with E-state index in [1.807, 2.05) is 7.05 Å². The number of nitrogens with zero attached hydrogens (tertiary/aromatic N) is 1. The fraction of sp³-hybridized carbons (Fsp3) is 0.545. The summed E-state index contributed by atoms with van der Waals surface area (Å²) in [5.41, 5.74) is 5.20. The Morgan fingerprint density at radius 1 is 1.42 bits per heavy atom. The van der Waals surface area contributed by atoms with E-state index < -0.39 is 15.9 Å². The number of nitrogens with one attached hydrogen (secondary N) is 1. The molecule has 1 amide bonds. The normalized spacial score (nSPS) is 18.6. The van der Waals surface area contributed by atoms with Crippen LogP contribution in [0.1, 0.15) is 14.5 Å². The smallest absolute Gasteiger partial charge is 0.258 e. The number of hydrogen-bond acceptors (Lipinski definition) is 4. The molecule has 2 rings (SSSR count). The predicted molar refractivity (Wildman–Crippen MR) is 73.0 cm³/mol. The minimum Gasteiger partial charge on any atom is -0.365 e. The first-order valence-electron chi connectivity index (χ1n) is 6.04. The number of piperazine rings is 1. The summed E-state index contributed by atoms with van der Waals surface area (Å²) < 4.78 is 26.5. The fourth-order valence-corrected chi connectivity index (χ4v) is 4.94. The highest BCUT2D eigenvalue weighted by Crippen LogP contribution is 2.27. The summed E-state index contributed by atoms with van der Waals surface area (Å²) in [5.74, 6) is -0.586. The summed E-state index contributed by atoms with van der Waals surface area (Å²) in [4.78, 5) is 13.6. The molecule has 106 valence electrons. The molecule has 6 nitrogen and oxygen atoms in total. The molecule has 3 N–H and O–H groups in total. The van der Waals surface area contributed by atoms with Gasteiger partial charge >= 0.3 is 0 Å². The SMILES string of the molecule is Cc1sc(C(N)=O)cc1S(=O)(=O)N1CC[NH+](C)CC1. The van der Waals surface area contributed by atoms with E-state index in [9.17, 15) is 13.2 Å². The molecular formula is C11H18N3O3S2+. The summed E-state index contributed by atoms with van der Waals surface area (Å²) in [5, 5.41) is 0. The molecule has 0 saturated carbocycles. The Morgan fingerprint density at radius 2 is 2.00 bits per heavy atom. The van der Waals surface area contributed by atoms with Crippen LogP contribution in [0, 0.1) is 6.92 Å². The summed E-state index contributed by atoms with van der Waals surface area (Å²) in [6.45, 7) is 4.31. The van der Waals surface area contributed by atoms with E-state index >= 15 is 0 Å². The molecular weight excluding hydrogens is 286 g/mol. The molecule has 0 atom stereocenters. The summed E-state index contributed by atoms with van der Waals surface area (Å²) in [6, 6.07) is 1.39. The van der Waals surface area contributed by atoms with Crippen LogP contribution in [0.2, 0.25) is 0 Å². The third-order valence-electron chi connectivity index (χ3n) is 3.31. The van der Waals surface area contributed by atoms with E-state index in [2.05, 4.69) is 0 Å². The van der Waals surface area contributed by atoms with Gasteiger partial charge in [-0.1, -0.05) is 0 Å². The second kappa shape index (κ2) is 5.20. The molecule has 0 bridgehead atoms. The van der Waals surface area contributed by atoms with Gasteiger partial charge < -0.3 is 10.6 Å². The second-order valence-corrected chi connectivity index (χ2v) is 7.92. The van der Waals surface area contributed by atoms with Crippen molar-refractivity contribution in [2.24, 2.45) is 5.73 Å². The van der Waals surface area contributed by atoms with Crippen LogP contribution in [0.15, 0.2) is 11.0 Å². The van der Waals surface area contributed by atoms with Gasteiger partial charge in [0.25, 0.3) is 5.91 Å². The third-order valence-corrected chi connectivity index (χ3v) is 6.53. The van der Waals surface area contributed by atoms with Crippen molar-refractivity contribution in [1.29, 1.82) is 0 Å². The summed E-state index contributed by atoms with van der Waals surface area (Å²) in [7, 11) is -1.46. The first kappa shape index (κ1) is 14.4. The Balaban J connectivity index is 2.32. The van der Waals surface area contributed by atoms with Gasteiger partial charge in [-0.05, 0) is 13.0 Å². The van der Waals surface area contributed by atoms with Crippen LogP contribution < -0.4 is 10.6 Å². The Morgan fingerprint density at radius 3 is 2.47 bits per heavy atom. The fourth-order valence-electron chi connectivity index (χ4n) is 2.09. The number of sulfonamides is 1. The molecule has 0 spiro atoms. The number of rotatable bonds is 3. The van der Waals surface area contributed by atoms with Crippen molar-refractivity contribution in [2.75, 3.05) is 33.2 Å².